The SMILES string of the molecule is COC(=O)[C@]1(C)N[C@H](c2ccccc2F)[C@@H]2C(=O)N(c3ccccc3)C(=O)[C@@H]21. The third-order valence-corrected chi connectivity index (χ3v) is 5.65. The molecule has 2 aromatic carbocycles. The van der Waals surface area contributed by atoms with Gasteiger partial charge in [0.2, 0.25) is 11.8 Å². The van der Waals surface area contributed by atoms with Gasteiger partial charge in [0.05, 0.1) is 24.6 Å². The van der Waals surface area contributed by atoms with Gasteiger partial charge in [0.1, 0.15) is 11.4 Å². The number of nitrogens with one attached hydrogen (secondary N) is 1. The lowest BCUT2D eigenvalue weighted by atomic mass is 9.80. The summed E-state index contributed by atoms with van der Waals surface area (Å²) in [5, 5.41) is 3.03. The van der Waals surface area contributed by atoms with E-state index in [1.54, 1.807) is 48.5 Å². The van der Waals surface area contributed by atoms with Crippen molar-refractivity contribution in [2.24, 2.45) is 11.8 Å². The summed E-state index contributed by atoms with van der Waals surface area (Å²) in [6.45, 7) is 1.52. The van der Waals surface area contributed by atoms with Crippen LogP contribution < -0.4 is 10.2 Å². The van der Waals surface area contributed by atoms with Crippen molar-refractivity contribution in [3.05, 3.63) is 66.0 Å². The number of hydrogen-bond acceptors (Lipinski definition) is 5. The number of ether oxygens (including phenoxy) is 1. The molecule has 0 saturated carbocycles. The van der Waals surface area contributed by atoms with E-state index in [1.165, 1.54) is 20.1 Å². The van der Waals surface area contributed by atoms with E-state index in [0.717, 1.165) is 4.90 Å². The van der Waals surface area contributed by atoms with Crippen molar-refractivity contribution in [3.8, 4) is 0 Å². The van der Waals surface area contributed by atoms with Gasteiger partial charge in [-0.2, -0.15) is 0 Å². The Morgan fingerprint density at radius 2 is 1.71 bits per heavy atom. The molecule has 4 atom stereocenters. The number of fused-ring (bicyclic) bond motifs is 1. The largest absolute Gasteiger partial charge is 0.468 e. The van der Waals surface area contributed by atoms with Crippen LogP contribution >= 0.6 is 0 Å². The number of rotatable bonds is 3. The van der Waals surface area contributed by atoms with Gasteiger partial charge in [-0.15, -0.1) is 0 Å². The van der Waals surface area contributed by atoms with E-state index in [4.69, 9.17) is 4.74 Å². The van der Waals surface area contributed by atoms with E-state index >= 15 is 0 Å². The molecule has 144 valence electrons. The van der Waals surface area contributed by atoms with Crippen molar-refractivity contribution in [2.45, 2.75) is 18.5 Å². The van der Waals surface area contributed by atoms with Crippen LogP contribution in [0.4, 0.5) is 10.1 Å². The molecule has 2 aliphatic heterocycles. The highest BCUT2D eigenvalue weighted by atomic mass is 19.1. The van der Waals surface area contributed by atoms with E-state index in [1.807, 2.05) is 0 Å². The lowest BCUT2D eigenvalue weighted by Crippen LogP contribution is -2.54. The van der Waals surface area contributed by atoms with Crippen LogP contribution in [-0.4, -0.2) is 30.4 Å². The summed E-state index contributed by atoms with van der Waals surface area (Å²) in [5.74, 6) is -4.07. The fraction of sp³-hybridized carbons (Fsp3) is 0.286. The second-order valence-electron chi connectivity index (χ2n) is 7.19. The van der Waals surface area contributed by atoms with E-state index < -0.39 is 47.0 Å². The fourth-order valence-corrected chi connectivity index (χ4v) is 4.36. The second kappa shape index (κ2) is 6.53. The van der Waals surface area contributed by atoms with E-state index in [9.17, 15) is 18.8 Å². The van der Waals surface area contributed by atoms with Crippen molar-refractivity contribution in [1.29, 1.82) is 0 Å². The number of amides is 2. The van der Waals surface area contributed by atoms with Gasteiger partial charge in [-0.1, -0.05) is 36.4 Å². The second-order valence-corrected chi connectivity index (χ2v) is 7.19. The van der Waals surface area contributed by atoms with Crippen molar-refractivity contribution < 1.29 is 23.5 Å². The number of benzene rings is 2. The number of esters is 1. The van der Waals surface area contributed by atoms with Crippen molar-refractivity contribution in [2.75, 3.05) is 12.0 Å². The molecule has 0 aromatic heterocycles. The van der Waals surface area contributed by atoms with Crippen LogP contribution in [0.1, 0.15) is 18.5 Å². The van der Waals surface area contributed by atoms with Gasteiger partial charge in [0.15, 0.2) is 0 Å². The molecule has 0 unspecified atom stereocenters. The van der Waals surface area contributed by atoms with Crippen LogP contribution in [0.2, 0.25) is 0 Å². The van der Waals surface area contributed by atoms with Crippen LogP contribution in [0, 0.1) is 17.7 Å². The van der Waals surface area contributed by atoms with Crippen LogP contribution in [0.25, 0.3) is 0 Å². The zero-order chi connectivity index (χ0) is 20.1. The molecule has 0 aliphatic carbocycles. The summed E-state index contributed by atoms with van der Waals surface area (Å²) in [6.07, 6.45) is 0. The van der Waals surface area contributed by atoms with E-state index in [2.05, 4.69) is 5.32 Å². The quantitative estimate of drug-likeness (QED) is 0.651. The Bertz CT molecular complexity index is 964. The minimum absolute atomic E-state index is 0.237. The Balaban J connectivity index is 1.85. The summed E-state index contributed by atoms with van der Waals surface area (Å²) in [7, 11) is 1.22. The highest BCUT2D eigenvalue weighted by Gasteiger charge is 2.67. The predicted molar refractivity (Wildman–Crippen MR) is 98.6 cm³/mol. The third-order valence-electron chi connectivity index (χ3n) is 5.65. The normalized spacial score (nSPS) is 29.1. The minimum Gasteiger partial charge on any atom is -0.468 e. The first kappa shape index (κ1) is 18.3. The number of anilines is 1. The van der Waals surface area contributed by atoms with Gasteiger partial charge >= 0.3 is 5.97 Å². The molecule has 4 rings (SSSR count). The number of hydrogen-bond donors (Lipinski definition) is 1. The van der Waals surface area contributed by atoms with Crippen LogP contribution in [0.15, 0.2) is 54.6 Å². The smallest absolute Gasteiger partial charge is 0.326 e. The summed E-state index contributed by atoms with van der Waals surface area (Å²) < 4.78 is 19.4. The molecule has 2 amide bonds. The van der Waals surface area contributed by atoms with Gasteiger partial charge in [-0.3, -0.25) is 19.7 Å². The van der Waals surface area contributed by atoms with Crippen molar-refractivity contribution >= 4 is 23.5 Å². The molecular formula is C21H19FN2O4. The molecular weight excluding hydrogens is 363 g/mol. The maximum absolute atomic E-state index is 14.5. The van der Waals surface area contributed by atoms with Gasteiger partial charge in [-0.05, 0) is 25.1 Å². The Kier molecular flexibility index (Phi) is 4.27. The molecule has 2 fully saturated rings. The molecule has 6 nitrogen and oxygen atoms in total. The zero-order valence-corrected chi connectivity index (χ0v) is 15.4. The van der Waals surface area contributed by atoms with Gasteiger partial charge in [-0.25, -0.2) is 9.29 Å². The Morgan fingerprint density at radius 1 is 1.07 bits per heavy atom. The number of carbonyl (C=O) groups is 3. The van der Waals surface area contributed by atoms with Gasteiger partial charge < -0.3 is 4.74 Å². The molecule has 28 heavy (non-hydrogen) atoms. The molecule has 7 heteroatoms. The first-order chi connectivity index (χ1) is 13.4. The highest BCUT2D eigenvalue weighted by molar-refractivity contribution is 6.24. The topological polar surface area (TPSA) is 75.7 Å². The Hall–Kier alpha value is -3.06. The van der Waals surface area contributed by atoms with Crippen LogP contribution in [0.5, 0.6) is 0 Å². The predicted octanol–water partition coefficient (Wildman–Crippen LogP) is 2.21. The zero-order valence-electron chi connectivity index (χ0n) is 15.4. The van der Waals surface area contributed by atoms with Crippen molar-refractivity contribution in [1.82, 2.24) is 5.32 Å². The molecule has 2 aliphatic rings. The van der Waals surface area contributed by atoms with Crippen LogP contribution in [-0.2, 0) is 19.1 Å². The van der Waals surface area contributed by atoms with Gasteiger partial charge in [0.25, 0.3) is 0 Å². The lowest BCUT2D eigenvalue weighted by Gasteiger charge is -2.28. The summed E-state index contributed by atoms with van der Waals surface area (Å²) in [5.41, 5.74) is -0.796. The maximum atomic E-state index is 14.5. The summed E-state index contributed by atoms with van der Waals surface area (Å²) >= 11 is 0. The number of methoxy groups -OCH3 is 1. The third kappa shape index (κ3) is 2.46. The molecule has 2 heterocycles. The standard InChI is InChI=1S/C21H19FN2O4/c1-21(20(27)28-2)16-15(17(23-21)13-10-6-7-11-14(13)22)18(25)24(19(16)26)12-8-4-3-5-9-12/h3-11,15-17,23H,1-2H3/t15-,16-,17-,21-/m1/s1. The molecule has 0 spiro atoms. The Morgan fingerprint density at radius 3 is 2.36 bits per heavy atom. The summed E-state index contributed by atoms with van der Waals surface area (Å²) in [6, 6.07) is 13.7. The summed E-state index contributed by atoms with van der Waals surface area (Å²) in [4.78, 5) is 40.2. The highest BCUT2D eigenvalue weighted by Crippen LogP contribution is 2.50. The lowest BCUT2D eigenvalue weighted by molar-refractivity contribution is -0.151. The van der Waals surface area contributed by atoms with Crippen molar-refractivity contribution in [3.63, 3.8) is 0 Å². The number of carbonyl (C=O) groups excluding carboxylic acids is 3. The molecule has 1 N–H and O–H groups in total. The molecule has 0 bridgehead atoms. The fourth-order valence-electron chi connectivity index (χ4n) is 4.36. The molecule has 2 aromatic rings. The number of para-hydroxylation sites is 1. The van der Waals surface area contributed by atoms with E-state index in [-0.39, 0.29) is 5.56 Å². The Labute approximate surface area is 161 Å². The molecule has 0 radical (unpaired) electrons. The number of imide groups is 1. The molecule has 2 saturated heterocycles. The monoisotopic (exact) mass is 382 g/mol. The van der Waals surface area contributed by atoms with E-state index in [0.29, 0.717) is 5.69 Å². The first-order valence-electron chi connectivity index (χ1n) is 8.93. The maximum Gasteiger partial charge on any atom is 0.326 e. The number of nitrogens with zero attached hydrogens (tertiary/aromatic N) is 1. The van der Waals surface area contributed by atoms with Gasteiger partial charge in [0, 0.05) is 11.6 Å². The average molecular weight is 382 g/mol. The number of halogens is 1. The minimum atomic E-state index is -1.46. The average Bonchev–Trinajstić information content (AvgIpc) is 3.16. The van der Waals surface area contributed by atoms with Crippen LogP contribution in [0.3, 0.4) is 0 Å². The first-order valence-corrected chi connectivity index (χ1v) is 8.93.